The molecule has 0 aromatic heterocycles. The Kier molecular flexibility index (Phi) is 7.24. The van der Waals surface area contributed by atoms with Gasteiger partial charge in [0.15, 0.2) is 0 Å². The number of nitrogens with one attached hydrogen (secondary N) is 2. The van der Waals surface area contributed by atoms with Crippen molar-refractivity contribution in [2.45, 2.75) is 17.7 Å². The summed E-state index contributed by atoms with van der Waals surface area (Å²) in [7, 11) is -2.26. The predicted octanol–water partition coefficient (Wildman–Crippen LogP) is 1.99. The minimum Gasteiger partial charge on any atom is -0.497 e. The van der Waals surface area contributed by atoms with Crippen molar-refractivity contribution in [1.29, 1.82) is 0 Å². The molecule has 0 aliphatic carbocycles. The zero-order chi connectivity index (χ0) is 22.4. The summed E-state index contributed by atoms with van der Waals surface area (Å²) in [6.45, 7) is -0.00403. The molecule has 0 saturated carbocycles. The van der Waals surface area contributed by atoms with E-state index in [0.717, 1.165) is 0 Å². The fraction of sp³-hybridized carbons (Fsp3) is 0.333. The Hall–Kier alpha value is -2.98. The third-order valence-electron chi connectivity index (χ3n) is 5.02. The van der Waals surface area contributed by atoms with Crippen molar-refractivity contribution in [2.75, 3.05) is 32.1 Å². The number of halogens is 1. The normalized spacial score (nSPS) is 17.0. The Labute approximate surface area is 180 Å². The smallest absolute Gasteiger partial charge is 0.243 e. The number of para-hydroxylation sites is 1. The second kappa shape index (κ2) is 9.88. The van der Waals surface area contributed by atoms with Crippen molar-refractivity contribution < 1.29 is 27.1 Å². The number of hydrogen-bond acceptors (Lipinski definition) is 5. The molecule has 0 radical (unpaired) electrons. The van der Waals surface area contributed by atoms with Gasteiger partial charge in [0.25, 0.3) is 0 Å². The summed E-state index contributed by atoms with van der Waals surface area (Å²) in [5.74, 6) is -1.60. The molecule has 2 aromatic carbocycles. The van der Waals surface area contributed by atoms with Gasteiger partial charge in [0.1, 0.15) is 11.6 Å². The lowest BCUT2D eigenvalue weighted by molar-refractivity contribution is -0.128. The molecule has 3 rings (SSSR count). The second-order valence-corrected chi connectivity index (χ2v) is 9.06. The fourth-order valence-electron chi connectivity index (χ4n) is 3.34. The summed E-state index contributed by atoms with van der Waals surface area (Å²) < 4.78 is 45.8. The Morgan fingerprint density at radius 1 is 1.16 bits per heavy atom. The Morgan fingerprint density at radius 2 is 1.87 bits per heavy atom. The molecule has 31 heavy (non-hydrogen) atoms. The number of carbonyl (C=O) groups is 2. The number of anilines is 1. The molecule has 166 valence electrons. The summed E-state index contributed by atoms with van der Waals surface area (Å²) in [5.41, 5.74) is 0.0242. The average molecular weight is 450 g/mol. The maximum Gasteiger partial charge on any atom is 0.243 e. The Bertz CT molecular complexity index is 1040. The van der Waals surface area contributed by atoms with E-state index in [0.29, 0.717) is 25.1 Å². The van der Waals surface area contributed by atoms with E-state index >= 15 is 0 Å². The van der Waals surface area contributed by atoms with E-state index in [9.17, 15) is 22.4 Å². The van der Waals surface area contributed by atoms with Crippen LogP contribution in [0, 0.1) is 11.7 Å². The Morgan fingerprint density at radius 3 is 2.55 bits per heavy atom. The van der Waals surface area contributed by atoms with Crippen molar-refractivity contribution >= 4 is 27.5 Å². The van der Waals surface area contributed by atoms with E-state index in [-0.39, 0.29) is 23.7 Å². The molecule has 1 atom stereocenters. The van der Waals surface area contributed by atoms with E-state index in [2.05, 4.69) is 10.6 Å². The number of benzene rings is 2. The molecule has 2 N–H and O–H groups in total. The van der Waals surface area contributed by atoms with Crippen LogP contribution in [0.4, 0.5) is 10.1 Å². The molecular formula is C21H24FN3O5S. The average Bonchev–Trinajstić information content (AvgIpc) is 2.79. The minimum atomic E-state index is -3.75. The molecule has 1 heterocycles. The number of methoxy groups -OCH3 is 1. The number of amides is 2. The molecule has 1 aliphatic heterocycles. The highest BCUT2D eigenvalue weighted by Crippen LogP contribution is 2.25. The van der Waals surface area contributed by atoms with Crippen LogP contribution in [-0.2, 0) is 19.6 Å². The van der Waals surface area contributed by atoms with Crippen molar-refractivity contribution in [2.24, 2.45) is 5.92 Å². The lowest BCUT2D eigenvalue weighted by Gasteiger charge is -2.31. The number of rotatable bonds is 7. The molecule has 10 heteroatoms. The van der Waals surface area contributed by atoms with Gasteiger partial charge in [0.2, 0.25) is 21.8 Å². The van der Waals surface area contributed by atoms with Crippen LogP contribution < -0.4 is 15.4 Å². The molecule has 1 saturated heterocycles. The van der Waals surface area contributed by atoms with Crippen LogP contribution in [0.5, 0.6) is 5.75 Å². The Balaban J connectivity index is 1.57. The largest absolute Gasteiger partial charge is 0.497 e. The molecule has 0 bridgehead atoms. The van der Waals surface area contributed by atoms with Gasteiger partial charge in [-0.3, -0.25) is 9.59 Å². The van der Waals surface area contributed by atoms with Gasteiger partial charge in [-0.25, -0.2) is 12.8 Å². The number of piperidine rings is 1. The quantitative estimate of drug-likeness (QED) is 0.673. The molecular weight excluding hydrogens is 425 g/mol. The first-order chi connectivity index (χ1) is 14.8. The highest BCUT2D eigenvalue weighted by Gasteiger charge is 2.33. The highest BCUT2D eigenvalue weighted by atomic mass is 32.2. The third-order valence-corrected chi connectivity index (χ3v) is 6.90. The number of hydrogen-bond donors (Lipinski definition) is 2. The standard InChI is InChI=1S/C21H24FN3O5S/c1-30-16-8-10-17(11-9-16)31(28,29)25-12-4-5-15(14-25)21(27)23-13-20(26)24-19-7-3-2-6-18(19)22/h2-3,6-11,15H,4-5,12-14H2,1H3,(H,23,27)(H,24,26). The lowest BCUT2D eigenvalue weighted by Crippen LogP contribution is -2.46. The van der Waals surface area contributed by atoms with Gasteiger partial charge in [-0.2, -0.15) is 4.31 Å². The minimum absolute atomic E-state index is 0.0229. The van der Waals surface area contributed by atoms with Crippen LogP contribution >= 0.6 is 0 Å². The van der Waals surface area contributed by atoms with E-state index in [4.69, 9.17) is 4.74 Å². The van der Waals surface area contributed by atoms with E-state index in [1.165, 1.54) is 41.7 Å². The van der Waals surface area contributed by atoms with Gasteiger partial charge >= 0.3 is 0 Å². The van der Waals surface area contributed by atoms with E-state index in [1.54, 1.807) is 18.2 Å². The number of sulfonamides is 1. The summed E-state index contributed by atoms with van der Waals surface area (Å²) in [6.07, 6.45) is 1.03. The van der Waals surface area contributed by atoms with Crippen molar-refractivity contribution in [3.05, 3.63) is 54.3 Å². The van der Waals surface area contributed by atoms with Gasteiger partial charge in [-0.15, -0.1) is 0 Å². The number of carbonyl (C=O) groups excluding carboxylic acids is 2. The maximum absolute atomic E-state index is 13.6. The van der Waals surface area contributed by atoms with Crippen LogP contribution in [-0.4, -0.2) is 51.3 Å². The van der Waals surface area contributed by atoms with Gasteiger partial charge in [-0.1, -0.05) is 12.1 Å². The SMILES string of the molecule is COc1ccc(S(=O)(=O)N2CCCC(C(=O)NCC(=O)Nc3ccccc3F)C2)cc1. The molecule has 2 aromatic rings. The fourth-order valence-corrected chi connectivity index (χ4v) is 4.86. The molecule has 1 unspecified atom stereocenters. The van der Waals surface area contributed by atoms with Crippen LogP contribution in [0.15, 0.2) is 53.4 Å². The van der Waals surface area contributed by atoms with Gasteiger partial charge in [0.05, 0.1) is 30.2 Å². The van der Waals surface area contributed by atoms with Crippen molar-refractivity contribution in [1.82, 2.24) is 9.62 Å². The van der Waals surface area contributed by atoms with E-state index in [1.807, 2.05) is 0 Å². The molecule has 1 aliphatic rings. The van der Waals surface area contributed by atoms with Gasteiger partial charge in [0, 0.05) is 13.1 Å². The summed E-state index contributed by atoms with van der Waals surface area (Å²) in [6, 6.07) is 11.8. The van der Waals surface area contributed by atoms with Crippen LogP contribution in [0.25, 0.3) is 0 Å². The van der Waals surface area contributed by atoms with E-state index < -0.39 is 33.6 Å². The van der Waals surface area contributed by atoms with Crippen LogP contribution in [0.1, 0.15) is 12.8 Å². The van der Waals surface area contributed by atoms with Gasteiger partial charge in [-0.05, 0) is 49.2 Å². The van der Waals surface area contributed by atoms with Crippen LogP contribution in [0.2, 0.25) is 0 Å². The summed E-state index contributed by atoms with van der Waals surface area (Å²) in [5, 5.41) is 4.89. The highest BCUT2D eigenvalue weighted by molar-refractivity contribution is 7.89. The maximum atomic E-state index is 13.6. The second-order valence-electron chi connectivity index (χ2n) is 7.12. The predicted molar refractivity (Wildman–Crippen MR) is 113 cm³/mol. The molecule has 8 nitrogen and oxygen atoms in total. The van der Waals surface area contributed by atoms with Crippen molar-refractivity contribution in [3.8, 4) is 5.75 Å². The molecule has 2 amide bonds. The first-order valence-corrected chi connectivity index (χ1v) is 11.2. The lowest BCUT2D eigenvalue weighted by atomic mass is 9.99. The van der Waals surface area contributed by atoms with Gasteiger partial charge < -0.3 is 15.4 Å². The zero-order valence-electron chi connectivity index (χ0n) is 17.0. The number of ether oxygens (including phenoxy) is 1. The summed E-state index contributed by atoms with van der Waals surface area (Å²) >= 11 is 0. The first kappa shape index (κ1) is 22.7. The van der Waals surface area contributed by atoms with Crippen LogP contribution in [0.3, 0.4) is 0 Å². The molecule has 1 fully saturated rings. The topological polar surface area (TPSA) is 105 Å². The third kappa shape index (κ3) is 5.59. The molecule has 0 spiro atoms. The monoisotopic (exact) mass is 449 g/mol. The van der Waals surface area contributed by atoms with Crippen molar-refractivity contribution in [3.63, 3.8) is 0 Å². The first-order valence-electron chi connectivity index (χ1n) is 9.77. The number of nitrogens with zero attached hydrogens (tertiary/aromatic N) is 1. The summed E-state index contributed by atoms with van der Waals surface area (Å²) in [4.78, 5) is 24.6. The zero-order valence-corrected chi connectivity index (χ0v) is 17.8.